The van der Waals surface area contributed by atoms with Crippen molar-refractivity contribution in [2.75, 3.05) is 6.61 Å². The molecule has 1 saturated carbocycles. The van der Waals surface area contributed by atoms with Gasteiger partial charge in [-0.25, -0.2) is 0 Å². The molecule has 17 heavy (non-hydrogen) atoms. The summed E-state index contributed by atoms with van der Waals surface area (Å²) in [5.41, 5.74) is 5.87. The molecule has 1 aromatic heterocycles. The number of nitrogens with zero attached hydrogens (tertiary/aromatic N) is 1. The molecule has 1 fully saturated rings. The van der Waals surface area contributed by atoms with Crippen molar-refractivity contribution in [3.63, 3.8) is 0 Å². The number of aromatic nitrogens is 1. The molecule has 1 unspecified atom stereocenters. The zero-order valence-corrected chi connectivity index (χ0v) is 10.3. The van der Waals surface area contributed by atoms with Crippen LogP contribution in [0.5, 0.6) is 5.75 Å². The van der Waals surface area contributed by atoms with Crippen LogP contribution < -0.4 is 10.5 Å². The molecule has 0 aliphatic heterocycles. The number of ether oxygens (including phenoxy) is 1. The number of pyridine rings is 1. The highest BCUT2D eigenvalue weighted by Gasteiger charge is 2.44. The van der Waals surface area contributed by atoms with E-state index in [-0.39, 0.29) is 5.78 Å². The summed E-state index contributed by atoms with van der Waals surface area (Å²) < 4.78 is 5.33. The summed E-state index contributed by atoms with van der Waals surface area (Å²) in [5.74, 6) is 0.879. The molecule has 0 radical (unpaired) electrons. The van der Waals surface area contributed by atoms with Gasteiger partial charge in [0.05, 0.1) is 18.3 Å². The minimum atomic E-state index is -0.771. The van der Waals surface area contributed by atoms with Crippen molar-refractivity contribution in [2.24, 2.45) is 11.7 Å². The van der Waals surface area contributed by atoms with E-state index in [4.69, 9.17) is 10.5 Å². The summed E-state index contributed by atoms with van der Waals surface area (Å²) in [6, 6.07) is 1.71. The second kappa shape index (κ2) is 4.45. The zero-order valence-electron chi connectivity index (χ0n) is 10.3. The fraction of sp³-hybridized carbons (Fsp3) is 0.538. The molecule has 4 nitrogen and oxygen atoms in total. The van der Waals surface area contributed by atoms with Crippen molar-refractivity contribution in [1.82, 2.24) is 4.98 Å². The van der Waals surface area contributed by atoms with Crippen LogP contribution in [0.1, 0.15) is 37.0 Å². The third kappa shape index (κ3) is 2.47. The van der Waals surface area contributed by atoms with E-state index in [0.29, 0.717) is 23.8 Å². The van der Waals surface area contributed by atoms with E-state index in [0.717, 1.165) is 12.8 Å². The lowest BCUT2D eigenvalue weighted by molar-refractivity contribution is 0.0882. The van der Waals surface area contributed by atoms with Gasteiger partial charge >= 0.3 is 0 Å². The van der Waals surface area contributed by atoms with Gasteiger partial charge in [0.15, 0.2) is 5.78 Å². The third-order valence-electron chi connectivity index (χ3n) is 3.20. The number of ketones is 1. The molecular weight excluding hydrogens is 216 g/mol. The monoisotopic (exact) mass is 234 g/mol. The van der Waals surface area contributed by atoms with Crippen LogP contribution in [0.15, 0.2) is 18.5 Å². The van der Waals surface area contributed by atoms with Crippen molar-refractivity contribution in [1.29, 1.82) is 0 Å². The highest BCUT2D eigenvalue weighted by Crippen LogP contribution is 2.39. The smallest absolute Gasteiger partial charge is 0.184 e. The van der Waals surface area contributed by atoms with E-state index in [9.17, 15) is 4.79 Å². The molecule has 0 bridgehead atoms. The Bertz CT molecular complexity index is 425. The van der Waals surface area contributed by atoms with Crippen molar-refractivity contribution in [2.45, 2.75) is 32.2 Å². The minimum Gasteiger partial charge on any atom is -0.492 e. The maximum absolute atomic E-state index is 12.3. The Hall–Kier alpha value is -1.42. The third-order valence-corrected chi connectivity index (χ3v) is 3.20. The average Bonchev–Trinajstić information content (AvgIpc) is 3.13. The molecule has 1 atom stereocenters. The Labute approximate surface area is 101 Å². The molecule has 2 rings (SSSR count). The van der Waals surface area contributed by atoms with Crippen LogP contribution in [0.3, 0.4) is 0 Å². The van der Waals surface area contributed by atoms with Crippen LogP contribution in [-0.4, -0.2) is 22.9 Å². The zero-order chi connectivity index (χ0) is 12.5. The van der Waals surface area contributed by atoms with Gasteiger partial charge in [-0.15, -0.1) is 0 Å². The summed E-state index contributed by atoms with van der Waals surface area (Å²) in [5, 5.41) is 0. The normalized spacial score (nSPS) is 18.5. The fourth-order valence-corrected chi connectivity index (χ4v) is 1.97. The Morgan fingerprint density at radius 2 is 2.29 bits per heavy atom. The standard InChI is InChI=1S/C13H18N2O2/c1-3-17-11-6-9(7-15-8-11)12(16)13(2,14)10-4-5-10/h6-8,10H,3-5,14H2,1-2H3. The summed E-state index contributed by atoms with van der Waals surface area (Å²) >= 11 is 0. The average molecular weight is 234 g/mol. The number of hydrogen-bond acceptors (Lipinski definition) is 4. The van der Waals surface area contributed by atoms with Crippen molar-refractivity contribution < 1.29 is 9.53 Å². The van der Waals surface area contributed by atoms with Crippen molar-refractivity contribution in [3.8, 4) is 5.75 Å². The van der Waals surface area contributed by atoms with Gasteiger partial charge in [-0.1, -0.05) is 0 Å². The Morgan fingerprint density at radius 3 is 2.88 bits per heavy atom. The molecule has 2 N–H and O–H groups in total. The first-order valence-corrected chi connectivity index (χ1v) is 5.97. The summed E-state index contributed by atoms with van der Waals surface area (Å²) in [7, 11) is 0. The second-order valence-electron chi connectivity index (χ2n) is 4.73. The molecule has 1 aliphatic rings. The first-order chi connectivity index (χ1) is 8.05. The number of carbonyl (C=O) groups excluding carboxylic acids is 1. The van der Waals surface area contributed by atoms with Crippen LogP contribution in [0.4, 0.5) is 0 Å². The first-order valence-electron chi connectivity index (χ1n) is 5.97. The van der Waals surface area contributed by atoms with E-state index < -0.39 is 5.54 Å². The summed E-state index contributed by atoms with van der Waals surface area (Å²) in [4.78, 5) is 16.3. The topological polar surface area (TPSA) is 65.2 Å². The number of nitrogens with two attached hydrogens (primary N) is 1. The Balaban J connectivity index is 2.21. The molecule has 1 aliphatic carbocycles. The Morgan fingerprint density at radius 1 is 1.59 bits per heavy atom. The van der Waals surface area contributed by atoms with Crippen LogP contribution in [-0.2, 0) is 0 Å². The lowest BCUT2D eigenvalue weighted by atomic mass is 9.88. The molecule has 0 saturated heterocycles. The first kappa shape index (κ1) is 12.0. The lowest BCUT2D eigenvalue weighted by Gasteiger charge is -2.22. The van der Waals surface area contributed by atoms with Crippen LogP contribution >= 0.6 is 0 Å². The molecule has 0 spiro atoms. The van der Waals surface area contributed by atoms with Crippen LogP contribution in [0, 0.1) is 5.92 Å². The quantitative estimate of drug-likeness (QED) is 0.789. The van der Waals surface area contributed by atoms with Gasteiger partial charge < -0.3 is 10.5 Å². The predicted octanol–water partition coefficient (Wildman–Crippen LogP) is 1.79. The molecule has 1 heterocycles. The van der Waals surface area contributed by atoms with Gasteiger partial charge in [-0.3, -0.25) is 9.78 Å². The van der Waals surface area contributed by atoms with Crippen LogP contribution in [0.2, 0.25) is 0 Å². The van der Waals surface area contributed by atoms with Crippen molar-refractivity contribution >= 4 is 5.78 Å². The maximum Gasteiger partial charge on any atom is 0.184 e. The SMILES string of the molecule is CCOc1cncc(C(=O)C(C)(N)C2CC2)c1. The predicted molar refractivity (Wildman–Crippen MR) is 65.1 cm³/mol. The van der Waals surface area contributed by atoms with Gasteiger partial charge in [0, 0.05) is 11.8 Å². The van der Waals surface area contributed by atoms with Crippen LogP contribution in [0.25, 0.3) is 0 Å². The largest absolute Gasteiger partial charge is 0.492 e. The molecule has 0 aromatic carbocycles. The minimum absolute atomic E-state index is 0.0472. The van der Waals surface area contributed by atoms with E-state index in [1.807, 2.05) is 6.92 Å². The molecule has 1 aromatic rings. The molecular formula is C13H18N2O2. The number of hydrogen-bond donors (Lipinski definition) is 1. The fourth-order valence-electron chi connectivity index (χ4n) is 1.97. The van der Waals surface area contributed by atoms with Gasteiger partial charge in [0.25, 0.3) is 0 Å². The molecule has 92 valence electrons. The summed E-state index contributed by atoms with van der Waals surface area (Å²) in [6.45, 7) is 4.26. The molecule has 4 heteroatoms. The van der Waals surface area contributed by atoms with E-state index in [2.05, 4.69) is 4.98 Å². The van der Waals surface area contributed by atoms with E-state index >= 15 is 0 Å². The highest BCUT2D eigenvalue weighted by molar-refractivity contribution is 6.03. The van der Waals surface area contributed by atoms with E-state index in [1.54, 1.807) is 25.4 Å². The second-order valence-corrected chi connectivity index (χ2v) is 4.73. The van der Waals surface area contributed by atoms with Gasteiger partial charge in [-0.2, -0.15) is 0 Å². The maximum atomic E-state index is 12.3. The van der Waals surface area contributed by atoms with Gasteiger partial charge in [0.2, 0.25) is 0 Å². The summed E-state index contributed by atoms with van der Waals surface area (Å²) in [6.07, 6.45) is 5.23. The van der Waals surface area contributed by atoms with Gasteiger partial charge in [0.1, 0.15) is 5.75 Å². The number of rotatable bonds is 5. The number of Topliss-reactive ketones (excluding diaryl/α,β-unsaturated/α-hetero) is 1. The Kier molecular flexibility index (Phi) is 3.15. The number of carbonyl (C=O) groups is 1. The van der Waals surface area contributed by atoms with E-state index in [1.165, 1.54) is 0 Å². The lowest BCUT2D eigenvalue weighted by Crippen LogP contribution is -2.47. The van der Waals surface area contributed by atoms with Crippen molar-refractivity contribution in [3.05, 3.63) is 24.0 Å². The molecule has 0 amide bonds. The van der Waals surface area contributed by atoms with Gasteiger partial charge in [-0.05, 0) is 38.7 Å². The highest BCUT2D eigenvalue weighted by atomic mass is 16.5.